The minimum Gasteiger partial charge on any atom is -0.345 e. The molecule has 0 unspecified atom stereocenters. The first-order valence-electron chi connectivity index (χ1n) is 4.31. The average Bonchev–Trinajstić information content (AvgIpc) is 2.55. The van der Waals surface area contributed by atoms with Crippen molar-refractivity contribution in [2.75, 3.05) is 0 Å². The summed E-state index contributed by atoms with van der Waals surface area (Å²) in [4.78, 5) is 22.1. The van der Waals surface area contributed by atoms with Crippen LogP contribution in [0.5, 0.6) is 0 Å². The van der Waals surface area contributed by atoms with E-state index in [0.717, 1.165) is 0 Å². The molecule has 0 saturated carbocycles. The molecule has 2 N–H and O–H groups in total. The van der Waals surface area contributed by atoms with E-state index in [1.165, 1.54) is 6.92 Å². The van der Waals surface area contributed by atoms with Crippen LogP contribution in [0, 0.1) is 0 Å². The summed E-state index contributed by atoms with van der Waals surface area (Å²) < 4.78 is 0. The molecule has 0 bridgehead atoms. The molecule has 0 aliphatic heterocycles. The highest BCUT2D eigenvalue weighted by Gasteiger charge is 2.13. The number of carbonyl (C=O) groups excluding carboxylic acids is 2. The molecule has 0 aromatic heterocycles. The van der Waals surface area contributed by atoms with Crippen LogP contribution in [0.15, 0.2) is 29.7 Å². The number of amides is 2. The van der Waals surface area contributed by atoms with Crippen molar-refractivity contribution in [2.24, 2.45) is 0 Å². The predicted octanol–water partition coefficient (Wildman–Crippen LogP) is 0.236. The molecule has 0 spiro atoms. The van der Waals surface area contributed by atoms with Crippen molar-refractivity contribution in [2.45, 2.75) is 19.9 Å². The summed E-state index contributed by atoms with van der Waals surface area (Å²) in [6, 6.07) is -0.532. The van der Waals surface area contributed by atoms with Gasteiger partial charge in [-0.15, -0.1) is 0 Å². The predicted molar refractivity (Wildman–Crippen MR) is 52.2 cm³/mol. The van der Waals surface area contributed by atoms with E-state index >= 15 is 0 Å². The van der Waals surface area contributed by atoms with Gasteiger partial charge in [0.25, 0.3) is 0 Å². The average molecular weight is 192 g/mol. The lowest BCUT2D eigenvalue weighted by atomic mass is 10.3. The Kier molecular flexibility index (Phi) is 3.26. The molecule has 74 valence electrons. The Balaban J connectivity index is 2.45. The van der Waals surface area contributed by atoms with Gasteiger partial charge in [-0.25, -0.2) is 0 Å². The van der Waals surface area contributed by atoms with Gasteiger partial charge in [-0.1, -0.05) is 11.8 Å². The second-order valence-corrected chi connectivity index (χ2v) is 3.00. The molecule has 0 aromatic carbocycles. The van der Waals surface area contributed by atoms with Gasteiger partial charge < -0.3 is 10.6 Å². The zero-order valence-electron chi connectivity index (χ0n) is 8.13. The Morgan fingerprint density at radius 3 is 2.71 bits per heavy atom. The van der Waals surface area contributed by atoms with E-state index in [1.54, 1.807) is 25.2 Å². The second kappa shape index (κ2) is 4.44. The molecule has 4 heteroatoms. The van der Waals surface area contributed by atoms with Gasteiger partial charge in [0, 0.05) is 6.92 Å². The number of hydrogen-bond acceptors (Lipinski definition) is 2. The fraction of sp³-hybridized carbons (Fsp3) is 0.300. The monoisotopic (exact) mass is 192 g/mol. The molecule has 0 heterocycles. The third-order valence-corrected chi connectivity index (χ3v) is 1.67. The molecule has 2 amide bonds. The summed E-state index contributed by atoms with van der Waals surface area (Å²) in [5.41, 5.74) is 3.45. The summed E-state index contributed by atoms with van der Waals surface area (Å²) in [5.74, 6) is -0.471. The summed E-state index contributed by atoms with van der Waals surface area (Å²) in [5, 5.41) is 5.11. The maximum Gasteiger partial charge on any atom is 0.247 e. The molecular formula is C10H12N2O2. The molecular weight excluding hydrogens is 180 g/mol. The molecule has 14 heavy (non-hydrogen) atoms. The first kappa shape index (κ1) is 10.3. The quantitative estimate of drug-likeness (QED) is 0.629. The lowest BCUT2D eigenvalue weighted by molar-refractivity contribution is -0.127. The molecule has 4 nitrogen and oxygen atoms in total. The van der Waals surface area contributed by atoms with Crippen LogP contribution in [0.25, 0.3) is 0 Å². The summed E-state index contributed by atoms with van der Waals surface area (Å²) in [6.07, 6.45) is 5.22. The molecule has 1 aliphatic rings. The highest BCUT2D eigenvalue weighted by atomic mass is 16.2. The maximum atomic E-state index is 11.4. The maximum absolute atomic E-state index is 11.4. The Bertz CT molecular complexity index is 349. The summed E-state index contributed by atoms with van der Waals surface area (Å²) in [6.45, 7) is 3.00. The van der Waals surface area contributed by atoms with Gasteiger partial charge >= 0.3 is 0 Å². The Hall–Kier alpha value is -1.80. The van der Waals surface area contributed by atoms with Crippen molar-refractivity contribution < 1.29 is 9.59 Å². The molecule has 0 fully saturated rings. The van der Waals surface area contributed by atoms with Gasteiger partial charge in [0.2, 0.25) is 11.8 Å². The van der Waals surface area contributed by atoms with Crippen molar-refractivity contribution >= 4 is 11.8 Å². The van der Waals surface area contributed by atoms with Crippen molar-refractivity contribution in [1.29, 1.82) is 0 Å². The summed E-state index contributed by atoms with van der Waals surface area (Å²) in [7, 11) is 0. The first-order valence-corrected chi connectivity index (χ1v) is 4.31. The molecule has 0 saturated heterocycles. The van der Waals surface area contributed by atoms with E-state index in [4.69, 9.17) is 0 Å². The van der Waals surface area contributed by atoms with Crippen molar-refractivity contribution in [3.8, 4) is 0 Å². The van der Waals surface area contributed by atoms with E-state index < -0.39 is 6.04 Å². The van der Waals surface area contributed by atoms with Crippen LogP contribution in [0.1, 0.15) is 13.8 Å². The number of hydrogen-bond donors (Lipinski definition) is 2. The minimum atomic E-state index is -0.532. The minimum absolute atomic E-state index is 0.223. The van der Waals surface area contributed by atoms with Crippen molar-refractivity contribution in [1.82, 2.24) is 10.6 Å². The van der Waals surface area contributed by atoms with Crippen molar-refractivity contribution in [3.63, 3.8) is 0 Å². The zero-order valence-corrected chi connectivity index (χ0v) is 8.13. The molecule has 1 atom stereocenters. The lowest BCUT2D eigenvalue weighted by Crippen LogP contribution is -2.43. The van der Waals surface area contributed by atoms with Gasteiger partial charge in [0.05, 0.1) is 5.70 Å². The number of rotatable bonds is 3. The van der Waals surface area contributed by atoms with E-state index in [0.29, 0.717) is 5.70 Å². The molecule has 0 radical (unpaired) electrons. The van der Waals surface area contributed by atoms with E-state index in [1.807, 2.05) is 0 Å². The third kappa shape index (κ3) is 2.92. The Labute approximate surface area is 82.4 Å². The van der Waals surface area contributed by atoms with E-state index in [-0.39, 0.29) is 11.8 Å². The highest BCUT2D eigenvalue weighted by molar-refractivity contribution is 5.87. The topological polar surface area (TPSA) is 58.2 Å². The van der Waals surface area contributed by atoms with E-state index in [9.17, 15) is 9.59 Å². The van der Waals surface area contributed by atoms with Gasteiger partial charge in [0.1, 0.15) is 6.04 Å². The summed E-state index contributed by atoms with van der Waals surface area (Å²) >= 11 is 0. The second-order valence-electron chi connectivity index (χ2n) is 3.00. The Morgan fingerprint density at radius 2 is 2.21 bits per heavy atom. The van der Waals surface area contributed by atoms with Crippen LogP contribution in [0.3, 0.4) is 0 Å². The SMILES string of the molecule is CC(=O)N[C@@H](C)C(=O)NC1=C=CC=C1. The van der Waals surface area contributed by atoms with Crippen LogP contribution >= 0.6 is 0 Å². The van der Waals surface area contributed by atoms with Gasteiger partial charge in [-0.2, -0.15) is 0 Å². The fourth-order valence-electron chi connectivity index (χ4n) is 1.02. The number of nitrogens with one attached hydrogen (secondary N) is 2. The Morgan fingerprint density at radius 1 is 1.50 bits per heavy atom. The first-order chi connectivity index (χ1) is 6.59. The van der Waals surface area contributed by atoms with Gasteiger partial charge in [0.15, 0.2) is 0 Å². The fourth-order valence-corrected chi connectivity index (χ4v) is 1.02. The van der Waals surface area contributed by atoms with Crippen molar-refractivity contribution in [3.05, 3.63) is 29.7 Å². The van der Waals surface area contributed by atoms with Gasteiger partial charge in [-0.3, -0.25) is 9.59 Å². The molecule has 0 aromatic rings. The third-order valence-electron chi connectivity index (χ3n) is 1.67. The van der Waals surface area contributed by atoms with Crippen LogP contribution < -0.4 is 10.6 Å². The van der Waals surface area contributed by atoms with Crippen LogP contribution in [0.2, 0.25) is 0 Å². The van der Waals surface area contributed by atoms with Crippen LogP contribution in [0.4, 0.5) is 0 Å². The number of allylic oxidation sites excluding steroid dienone is 2. The molecule has 1 aliphatic carbocycles. The number of carbonyl (C=O) groups is 2. The lowest BCUT2D eigenvalue weighted by Gasteiger charge is -2.11. The molecule has 1 rings (SSSR count). The zero-order chi connectivity index (χ0) is 10.6. The standard InChI is InChI=1S/C10H12N2O2/c1-7(11-8(2)13)10(14)12-9-5-3-4-6-9/h3-5,7H,1-2H3,(H,11,13)(H,12,14)/t7-/m0/s1. The largest absolute Gasteiger partial charge is 0.345 e. The van der Waals surface area contributed by atoms with Crippen LogP contribution in [-0.2, 0) is 9.59 Å². The highest BCUT2D eigenvalue weighted by Crippen LogP contribution is 1.97. The van der Waals surface area contributed by atoms with E-state index in [2.05, 4.69) is 16.4 Å². The smallest absolute Gasteiger partial charge is 0.247 e. The normalized spacial score (nSPS) is 14.9. The van der Waals surface area contributed by atoms with Gasteiger partial charge in [-0.05, 0) is 19.1 Å². The van der Waals surface area contributed by atoms with Crippen LogP contribution in [-0.4, -0.2) is 17.9 Å².